The second-order valence-electron chi connectivity index (χ2n) is 8.14. The monoisotopic (exact) mass is 451 g/mol. The van der Waals surface area contributed by atoms with Gasteiger partial charge < -0.3 is 18.9 Å². The lowest BCUT2D eigenvalue weighted by Gasteiger charge is -2.30. The Hall–Kier alpha value is -3.61. The normalized spacial score (nSPS) is 13.5. The fourth-order valence-electron chi connectivity index (χ4n) is 3.56. The van der Waals surface area contributed by atoms with E-state index in [4.69, 9.17) is 18.9 Å². The molecule has 0 saturated carbocycles. The van der Waals surface area contributed by atoms with Crippen LogP contribution in [-0.4, -0.2) is 31.2 Å². The third kappa shape index (κ3) is 5.61. The Labute approximate surface area is 194 Å². The molecule has 0 bridgehead atoms. The molecule has 1 heterocycles. The van der Waals surface area contributed by atoms with Crippen molar-refractivity contribution < 1.29 is 23.7 Å². The summed E-state index contributed by atoms with van der Waals surface area (Å²) in [6.07, 6.45) is 5.40. The summed E-state index contributed by atoms with van der Waals surface area (Å²) in [7, 11) is 0. The number of nitroso groups, excluding NO2 is 1. The molecule has 174 valence electrons. The molecule has 0 aliphatic carbocycles. The zero-order valence-corrected chi connectivity index (χ0v) is 19.5. The van der Waals surface area contributed by atoms with Crippen LogP contribution < -0.4 is 18.9 Å². The van der Waals surface area contributed by atoms with Crippen molar-refractivity contribution in [3.8, 4) is 23.0 Å². The lowest BCUT2D eigenvalue weighted by molar-refractivity contribution is 0.0915. The number of carbonyl (C=O) groups excluding carboxylic acids is 1. The summed E-state index contributed by atoms with van der Waals surface area (Å²) in [5.41, 5.74) is 2.00. The molecular formula is C26H29NO6. The number of ether oxygens (including phenoxy) is 4. The fraction of sp³-hybridized carbons (Fsp3) is 0.346. The molecule has 7 nitrogen and oxygen atoms in total. The first-order chi connectivity index (χ1) is 15.8. The Bertz CT molecular complexity index is 1090. The maximum Gasteiger partial charge on any atom is 0.203 e. The van der Waals surface area contributed by atoms with Gasteiger partial charge in [0.25, 0.3) is 0 Å². The van der Waals surface area contributed by atoms with Gasteiger partial charge in [0.2, 0.25) is 5.78 Å². The standard InChI is InChI=1S/C26H29NO6/c1-6-12-31-23-14-18(30-7-2)8-9-19(23)22(28)16-32-25-20-10-11-26(4,5)33-24(20)13-17(3)21(25)15-27-29/h6,8-11,13-14H,1,7,12,15-16H2,2-5H3. The van der Waals surface area contributed by atoms with Crippen LogP contribution in [0.25, 0.3) is 6.08 Å². The summed E-state index contributed by atoms with van der Waals surface area (Å²) in [5.74, 6) is 1.77. The van der Waals surface area contributed by atoms with E-state index in [-0.39, 0.29) is 25.5 Å². The first kappa shape index (κ1) is 24.0. The van der Waals surface area contributed by atoms with Crippen LogP contribution in [-0.2, 0) is 6.54 Å². The van der Waals surface area contributed by atoms with Crippen LogP contribution in [0.1, 0.15) is 47.8 Å². The second kappa shape index (κ2) is 10.3. The molecule has 0 spiro atoms. The molecule has 2 aromatic rings. The van der Waals surface area contributed by atoms with Gasteiger partial charge in [0.15, 0.2) is 6.61 Å². The summed E-state index contributed by atoms with van der Waals surface area (Å²) in [6.45, 7) is 11.7. The quantitative estimate of drug-likeness (QED) is 0.249. The van der Waals surface area contributed by atoms with Gasteiger partial charge in [-0.05, 0) is 63.6 Å². The van der Waals surface area contributed by atoms with Gasteiger partial charge in [0.05, 0.1) is 17.7 Å². The van der Waals surface area contributed by atoms with Crippen molar-refractivity contribution >= 4 is 11.9 Å². The van der Waals surface area contributed by atoms with Crippen LogP contribution in [0.15, 0.2) is 48.2 Å². The molecule has 2 aromatic carbocycles. The molecule has 0 saturated heterocycles. The third-order valence-electron chi connectivity index (χ3n) is 5.12. The van der Waals surface area contributed by atoms with Gasteiger partial charge in [-0.25, -0.2) is 0 Å². The van der Waals surface area contributed by atoms with Gasteiger partial charge >= 0.3 is 0 Å². The van der Waals surface area contributed by atoms with Crippen LogP contribution >= 0.6 is 0 Å². The summed E-state index contributed by atoms with van der Waals surface area (Å²) >= 11 is 0. The molecule has 0 amide bonds. The smallest absolute Gasteiger partial charge is 0.203 e. The van der Waals surface area contributed by atoms with Crippen molar-refractivity contribution in [1.29, 1.82) is 0 Å². The first-order valence-electron chi connectivity index (χ1n) is 10.8. The maximum absolute atomic E-state index is 13.1. The Morgan fingerprint density at radius 3 is 2.70 bits per heavy atom. The van der Waals surface area contributed by atoms with E-state index in [0.717, 1.165) is 5.56 Å². The van der Waals surface area contributed by atoms with Crippen molar-refractivity contribution in [3.05, 3.63) is 70.2 Å². The molecule has 0 atom stereocenters. The summed E-state index contributed by atoms with van der Waals surface area (Å²) < 4.78 is 23.3. The zero-order chi connectivity index (χ0) is 24.0. The van der Waals surface area contributed by atoms with Crippen molar-refractivity contribution in [1.82, 2.24) is 0 Å². The van der Waals surface area contributed by atoms with Gasteiger partial charge in [-0.3, -0.25) is 4.79 Å². The van der Waals surface area contributed by atoms with Gasteiger partial charge in [0, 0.05) is 11.6 Å². The highest BCUT2D eigenvalue weighted by Crippen LogP contribution is 2.41. The van der Waals surface area contributed by atoms with Crippen LogP contribution in [0.2, 0.25) is 0 Å². The van der Waals surface area contributed by atoms with Crippen molar-refractivity contribution in [2.45, 2.75) is 39.8 Å². The van der Waals surface area contributed by atoms with E-state index in [0.29, 0.717) is 46.3 Å². The zero-order valence-electron chi connectivity index (χ0n) is 19.5. The summed E-state index contributed by atoms with van der Waals surface area (Å²) in [4.78, 5) is 24.2. The molecule has 0 aromatic heterocycles. The van der Waals surface area contributed by atoms with Gasteiger partial charge in [-0.1, -0.05) is 17.8 Å². The Morgan fingerprint density at radius 1 is 1.21 bits per heavy atom. The number of benzene rings is 2. The van der Waals surface area contributed by atoms with E-state index < -0.39 is 5.60 Å². The molecule has 0 N–H and O–H groups in total. The van der Waals surface area contributed by atoms with Gasteiger partial charge in [-0.2, -0.15) is 4.91 Å². The van der Waals surface area contributed by atoms with E-state index in [9.17, 15) is 9.70 Å². The predicted molar refractivity (Wildman–Crippen MR) is 128 cm³/mol. The van der Waals surface area contributed by atoms with Gasteiger partial charge in [-0.15, -0.1) is 0 Å². The highest BCUT2D eigenvalue weighted by atomic mass is 16.5. The minimum absolute atomic E-state index is 0.0728. The van der Waals surface area contributed by atoms with E-state index >= 15 is 0 Å². The molecule has 0 unspecified atom stereocenters. The van der Waals surface area contributed by atoms with Crippen molar-refractivity contribution in [2.75, 3.05) is 19.8 Å². The summed E-state index contributed by atoms with van der Waals surface area (Å²) in [5, 5.41) is 3.04. The molecule has 33 heavy (non-hydrogen) atoms. The minimum atomic E-state index is -0.476. The predicted octanol–water partition coefficient (Wildman–Crippen LogP) is 5.67. The van der Waals surface area contributed by atoms with Crippen LogP contribution in [0.3, 0.4) is 0 Å². The summed E-state index contributed by atoms with van der Waals surface area (Å²) in [6, 6.07) is 6.91. The number of ketones is 1. The molecule has 3 rings (SSSR count). The lowest BCUT2D eigenvalue weighted by atomic mass is 9.96. The Balaban J connectivity index is 1.92. The van der Waals surface area contributed by atoms with E-state index in [1.807, 2.05) is 45.9 Å². The van der Waals surface area contributed by atoms with Crippen molar-refractivity contribution in [3.63, 3.8) is 0 Å². The van der Waals surface area contributed by atoms with E-state index in [2.05, 4.69) is 11.8 Å². The average molecular weight is 452 g/mol. The minimum Gasteiger partial charge on any atom is -0.494 e. The number of fused-ring (bicyclic) bond motifs is 1. The third-order valence-corrected chi connectivity index (χ3v) is 5.12. The topological polar surface area (TPSA) is 83.4 Å². The second-order valence-corrected chi connectivity index (χ2v) is 8.14. The van der Waals surface area contributed by atoms with Gasteiger partial charge in [0.1, 0.15) is 41.8 Å². The van der Waals surface area contributed by atoms with E-state index in [1.54, 1.807) is 24.3 Å². The fourth-order valence-corrected chi connectivity index (χ4v) is 3.56. The SMILES string of the molecule is C=CCOc1cc(OCC)ccc1C(=O)COc1c2c(cc(C)c1CN=O)OC(C)(C)C=C2. The number of carbonyl (C=O) groups is 1. The number of nitrogens with zero attached hydrogens (tertiary/aromatic N) is 1. The average Bonchev–Trinajstić information content (AvgIpc) is 2.77. The molecule has 1 aliphatic heterocycles. The Kier molecular flexibility index (Phi) is 7.53. The highest BCUT2D eigenvalue weighted by molar-refractivity contribution is 6.00. The first-order valence-corrected chi connectivity index (χ1v) is 10.8. The number of Topliss-reactive ketones (excluding diaryl/α,β-unsaturated/α-hetero) is 1. The molecule has 0 radical (unpaired) electrons. The highest BCUT2D eigenvalue weighted by Gasteiger charge is 2.27. The maximum atomic E-state index is 13.1. The molecule has 7 heteroatoms. The largest absolute Gasteiger partial charge is 0.494 e. The number of hydrogen-bond acceptors (Lipinski definition) is 7. The molecular weight excluding hydrogens is 422 g/mol. The molecule has 0 fully saturated rings. The number of hydrogen-bond donors (Lipinski definition) is 0. The van der Waals surface area contributed by atoms with Crippen molar-refractivity contribution in [2.24, 2.45) is 5.18 Å². The molecule has 1 aliphatic rings. The number of rotatable bonds is 11. The van der Waals surface area contributed by atoms with E-state index in [1.165, 1.54) is 0 Å². The number of aryl methyl sites for hydroxylation is 1. The van der Waals surface area contributed by atoms with Crippen LogP contribution in [0.4, 0.5) is 0 Å². The van der Waals surface area contributed by atoms with Crippen LogP contribution in [0, 0.1) is 11.8 Å². The Morgan fingerprint density at radius 2 is 2.00 bits per heavy atom. The van der Waals surface area contributed by atoms with Crippen LogP contribution in [0.5, 0.6) is 23.0 Å². The lowest BCUT2D eigenvalue weighted by Crippen LogP contribution is -2.28.